The maximum absolute atomic E-state index is 13.8. The molecule has 174 valence electrons. The van der Waals surface area contributed by atoms with Crippen molar-refractivity contribution in [3.8, 4) is 5.69 Å². The molecule has 1 N–H and O–H groups in total. The van der Waals surface area contributed by atoms with Crippen LogP contribution in [0.2, 0.25) is 5.02 Å². The van der Waals surface area contributed by atoms with Gasteiger partial charge in [0.15, 0.2) is 0 Å². The lowest BCUT2D eigenvalue weighted by molar-refractivity contribution is -0.125. The first-order valence-electron chi connectivity index (χ1n) is 11.2. The number of aromatic nitrogens is 2. The van der Waals surface area contributed by atoms with Crippen LogP contribution in [-0.2, 0) is 4.79 Å². The van der Waals surface area contributed by atoms with E-state index in [-0.39, 0.29) is 11.9 Å². The zero-order chi connectivity index (χ0) is 24.4. The molecule has 0 saturated carbocycles. The van der Waals surface area contributed by atoms with Gasteiger partial charge in [-0.15, -0.1) is 0 Å². The smallest absolute Gasteiger partial charge is 0.336 e. The highest BCUT2D eigenvalue weighted by Gasteiger charge is 2.26. The second-order valence-corrected chi connectivity index (χ2v) is 8.80. The Balaban J connectivity index is 1.90. The van der Waals surface area contributed by atoms with E-state index < -0.39 is 17.3 Å². The number of amides is 1. The van der Waals surface area contributed by atoms with E-state index in [1.54, 1.807) is 36.4 Å². The van der Waals surface area contributed by atoms with Crippen LogP contribution in [0.4, 0.5) is 0 Å². The molecule has 2 atom stereocenters. The lowest BCUT2D eigenvalue weighted by Gasteiger charge is -2.24. The number of hydrogen-bond acceptors (Lipinski definition) is 3. The van der Waals surface area contributed by atoms with Crippen LogP contribution in [-0.4, -0.2) is 15.0 Å². The maximum atomic E-state index is 13.8. The molecule has 4 aromatic rings. The highest BCUT2D eigenvalue weighted by atomic mass is 35.5. The Morgan fingerprint density at radius 1 is 1.00 bits per heavy atom. The SMILES string of the molecule is CCC(C(=O)NC(C)c1ccccc1)n1c(=O)n(-c2cccc(C)c2)c(=O)c2ccc(Cl)cc21. The predicted molar refractivity (Wildman–Crippen MR) is 136 cm³/mol. The van der Waals surface area contributed by atoms with Gasteiger partial charge < -0.3 is 5.32 Å². The van der Waals surface area contributed by atoms with E-state index in [1.807, 2.05) is 57.2 Å². The van der Waals surface area contributed by atoms with Crippen molar-refractivity contribution >= 4 is 28.4 Å². The number of fused-ring (bicyclic) bond motifs is 1. The van der Waals surface area contributed by atoms with Gasteiger partial charge in [-0.1, -0.05) is 61.0 Å². The van der Waals surface area contributed by atoms with Crippen molar-refractivity contribution in [2.24, 2.45) is 0 Å². The fourth-order valence-corrected chi connectivity index (χ4v) is 4.39. The van der Waals surface area contributed by atoms with Crippen LogP contribution in [0.25, 0.3) is 16.6 Å². The first kappa shape index (κ1) is 23.5. The molecule has 3 aromatic carbocycles. The summed E-state index contributed by atoms with van der Waals surface area (Å²) in [5.41, 5.74) is 1.61. The molecule has 7 heteroatoms. The number of carbonyl (C=O) groups excluding carboxylic acids is 1. The molecule has 0 aliphatic heterocycles. The molecule has 0 spiro atoms. The minimum absolute atomic E-state index is 0.254. The largest absolute Gasteiger partial charge is 0.348 e. The number of halogens is 1. The number of carbonyl (C=O) groups is 1. The van der Waals surface area contributed by atoms with Gasteiger partial charge in [-0.25, -0.2) is 9.36 Å². The Bertz CT molecular complexity index is 1470. The minimum atomic E-state index is -0.837. The zero-order valence-electron chi connectivity index (χ0n) is 19.3. The molecular formula is C27H26ClN3O3. The van der Waals surface area contributed by atoms with Crippen LogP contribution in [0, 0.1) is 6.92 Å². The Morgan fingerprint density at radius 3 is 2.41 bits per heavy atom. The van der Waals surface area contributed by atoms with Gasteiger partial charge in [-0.3, -0.25) is 14.2 Å². The highest BCUT2D eigenvalue weighted by Crippen LogP contribution is 2.22. The average molecular weight is 476 g/mol. The Labute approximate surface area is 202 Å². The van der Waals surface area contributed by atoms with E-state index in [4.69, 9.17) is 11.6 Å². The van der Waals surface area contributed by atoms with Crippen LogP contribution < -0.4 is 16.6 Å². The summed E-state index contributed by atoms with van der Waals surface area (Å²) in [4.78, 5) is 40.6. The van der Waals surface area contributed by atoms with Gasteiger partial charge in [0.25, 0.3) is 5.56 Å². The summed E-state index contributed by atoms with van der Waals surface area (Å²) in [6.45, 7) is 5.62. The quantitative estimate of drug-likeness (QED) is 0.429. The third kappa shape index (κ3) is 4.41. The summed E-state index contributed by atoms with van der Waals surface area (Å²) in [5, 5.41) is 3.71. The van der Waals surface area contributed by atoms with Crippen molar-refractivity contribution in [1.29, 1.82) is 0 Å². The number of nitrogens with one attached hydrogen (secondary N) is 1. The van der Waals surface area contributed by atoms with E-state index in [1.165, 1.54) is 4.57 Å². The summed E-state index contributed by atoms with van der Waals surface area (Å²) >= 11 is 6.24. The molecule has 1 amide bonds. The van der Waals surface area contributed by atoms with Gasteiger partial charge in [0.2, 0.25) is 5.91 Å². The molecule has 6 nitrogen and oxygen atoms in total. The Morgan fingerprint density at radius 2 is 1.74 bits per heavy atom. The van der Waals surface area contributed by atoms with Crippen LogP contribution in [0.15, 0.2) is 82.4 Å². The molecule has 4 rings (SSSR count). The number of nitrogens with zero attached hydrogens (tertiary/aromatic N) is 2. The van der Waals surface area contributed by atoms with Gasteiger partial charge in [-0.2, -0.15) is 0 Å². The van der Waals surface area contributed by atoms with Crippen molar-refractivity contribution in [2.45, 2.75) is 39.3 Å². The lowest BCUT2D eigenvalue weighted by Crippen LogP contribution is -2.44. The number of hydrogen-bond donors (Lipinski definition) is 1. The zero-order valence-corrected chi connectivity index (χ0v) is 20.0. The third-order valence-electron chi connectivity index (χ3n) is 5.97. The number of aryl methyl sites for hydroxylation is 1. The first-order valence-corrected chi connectivity index (χ1v) is 11.6. The lowest BCUT2D eigenvalue weighted by atomic mass is 10.1. The molecule has 0 bridgehead atoms. The molecule has 0 aliphatic rings. The monoisotopic (exact) mass is 475 g/mol. The second kappa shape index (κ2) is 9.69. The molecule has 0 aliphatic carbocycles. The van der Waals surface area contributed by atoms with Crippen molar-refractivity contribution in [2.75, 3.05) is 0 Å². The number of rotatable bonds is 6. The van der Waals surface area contributed by atoms with E-state index in [2.05, 4.69) is 5.32 Å². The van der Waals surface area contributed by atoms with Gasteiger partial charge in [-0.05, 0) is 61.7 Å². The molecule has 0 saturated heterocycles. The minimum Gasteiger partial charge on any atom is -0.348 e. The van der Waals surface area contributed by atoms with Gasteiger partial charge in [0.05, 0.1) is 22.6 Å². The van der Waals surface area contributed by atoms with Gasteiger partial charge in [0, 0.05) is 5.02 Å². The summed E-state index contributed by atoms with van der Waals surface area (Å²) in [7, 11) is 0. The van der Waals surface area contributed by atoms with E-state index in [0.29, 0.717) is 28.0 Å². The predicted octanol–water partition coefficient (Wildman–Crippen LogP) is 4.94. The fourth-order valence-electron chi connectivity index (χ4n) is 4.22. The molecule has 0 radical (unpaired) electrons. The number of benzene rings is 3. The Hall–Kier alpha value is -3.64. The van der Waals surface area contributed by atoms with E-state index in [9.17, 15) is 14.4 Å². The maximum Gasteiger partial charge on any atom is 0.336 e. The Kier molecular flexibility index (Phi) is 6.70. The van der Waals surface area contributed by atoms with Crippen molar-refractivity contribution in [1.82, 2.24) is 14.5 Å². The van der Waals surface area contributed by atoms with Crippen LogP contribution >= 0.6 is 11.6 Å². The summed E-state index contributed by atoms with van der Waals surface area (Å²) in [5.74, 6) is -0.309. The standard InChI is InChI=1S/C27H26ClN3O3/c1-4-23(25(32)29-18(3)19-10-6-5-7-11-19)31-24-16-20(28)13-14-22(24)26(33)30(27(31)34)21-12-8-9-17(2)15-21/h5-16,18,23H,4H2,1-3H3,(H,29,32). The van der Waals surface area contributed by atoms with Crippen LogP contribution in [0.5, 0.6) is 0 Å². The molecule has 0 fully saturated rings. The second-order valence-electron chi connectivity index (χ2n) is 8.36. The highest BCUT2D eigenvalue weighted by molar-refractivity contribution is 6.31. The average Bonchev–Trinajstić information content (AvgIpc) is 2.82. The normalized spacial score (nSPS) is 12.9. The molecule has 34 heavy (non-hydrogen) atoms. The molecule has 1 heterocycles. The molecule has 1 aromatic heterocycles. The van der Waals surface area contributed by atoms with Crippen LogP contribution in [0.1, 0.15) is 43.5 Å². The van der Waals surface area contributed by atoms with E-state index >= 15 is 0 Å². The molecule has 2 unspecified atom stereocenters. The summed E-state index contributed by atoms with van der Waals surface area (Å²) in [6.07, 6.45) is 0.348. The summed E-state index contributed by atoms with van der Waals surface area (Å²) < 4.78 is 2.51. The van der Waals surface area contributed by atoms with Crippen molar-refractivity contribution in [3.63, 3.8) is 0 Å². The van der Waals surface area contributed by atoms with Gasteiger partial charge >= 0.3 is 5.69 Å². The van der Waals surface area contributed by atoms with Crippen LogP contribution in [0.3, 0.4) is 0 Å². The first-order chi connectivity index (χ1) is 16.3. The van der Waals surface area contributed by atoms with Crippen molar-refractivity contribution < 1.29 is 4.79 Å². The van der Waals surface area contributed by atoms with E-state index in [0.717, 1.165) is 15.7 Å². The molecular weight excluding hydrogens is 450 g/mol. The van der Waals surface area contributed by atoms with Gasteiger partial charge in [0.1, 0.15) is 6.04 Å². The fraction of sp³-hybridized carbons (Fsp3) is 0.222. The van der Waals surface area contributed by atoms with Crippen molar-refractivity contribution in [3.05, 3.63) is 110 Å². The third-order valence-corrected chi connectivity index (χ3v) is 6.20. The summed E-state index contributed by atoms with van der Waals surface area (Å²) in [6, 6.07) is 20.4. The topological polar surface area (TPSA) is 73.1 Å².